The summed E-state index contributed by atoms with van der Waals surface area (Å²) in [5.41, 5.74) is 2.10. The standard InChI is InChI=1S/C14H15FN2O2S/c1-9-3-4-11(15)7-12(9)16-13(18)5-6-17-10(2)8-20-14(17)19/h3-4,7-8H,5-6H2,1-2H3,(H,16,18). The number of hydrogen-bond donors (Lipinski definition) is 1. The number of anilines is 1. The third-order valence-electron chi connectivity index (χ3n) is 3.01. The summed E-state index contributed by atoms with van der Waals surface area (Å²) in [6.45, 7) is 3.95. The lowest BCUT2D eigenvalue weighted by atomic mass is 10.2. The third-order valence-corrected chi connectivity index (χ3v) is 3.89. The summed E-state index contributed by atoms with van der Waals surface area (Å²) in [6.07, 6.45) is 0.174. The molecule has 2 aromatic rings. The molecule has 106 valence electrons. The van der Waals surface area contributed by atoms with Crippen LogP contribution < -0.4 is 10.2 Å². The van der Waals surface area contributed by atoms with Crippen molar-refractivity contribution in [1.82, 2.24) is 4.57 Å². The molecule has 0 aliphatic rings. The van der Waals surface area contributed by atoms with E-state index >= 15 is 0 Å². The van der Waals surface area contributed by atoms with Crippen LogP contribution in [0.1, 0.15) is 17.7 Å². The van der Waals surface area contributed by atoms with Gasteiger partial charge in [-0.05, 0) is 31.5 Å². The van der Waals surface area contributed by atoms with Gasteiger partial charge in [0.1, 0.15) is 5.82 Å². The number of aromatic nitrogens is 1. The number of hydrogen-bond acceptors (Lipinski definition) is 3. The molecule has 1 aromatic heterocycles. The maximum atomic E-state index is 13.1. The maximum absolute atomic E-state index is 13.1. The molecule has 0 bridgehead atoms. The van der Waals surface area contributed by atoms with Gasteiger partial charge in [0.25, 0.3) is 0 Å². The summed E-state index contributed by atoms with van der Waals surface area (Å²) in [5.74, 6) is -0.632. The Morgan fingerprint density at radius 3 is 2.80 bits per heavy atom. The van der Waals surface area contributed by atoms with Crippen molar-refractivity contribution in [2.24, 2.45) is 0 Å². The summed E-state index contributed by atoms with van der Waals surface area (Å²) >= 11 is 1.12. The molecule has 0 aliphatic heterocycles. The van der Waals surface area contributed by atoms with E-state index in [-0.39, 0.29) is 17.2 Å². The quantitative estimate of drug-likeness (QED) is 0.942. The molecule has 4 nitrogen and oxygen atoms in total. The molecule has 0 atom stereocenters. The molecule has 0 saturated heterocycles. The van der Waals surface area contributed by atoms with Gasteiger partial charge in [-0.25, -0.2) is 4.39 Å². The van der Waals surface area contributed by atoms with Crippen molar-refractivity contribution in [1.29, 1.82) is 0 Å². The number of nitrogens with zero attached hydrogens (tertiary/aromatic N) is 1. The Morgan fingerprint density at radius 1 is 1.40 bits per heavy atom. The lowest BCUT2D eigenvalue weighted by Crippen LogP contribution is -2.20. The van der Waals surface area contributed by atoms with Gasteiger partial charge in [-0.3, -0.25) is 9.59 Å². The second-order valence-electron chi connectivity index (χ2n) is 4.55. The van der Waals surface area contributed by atoms with Crippen molar-refractivity contribution < 1.29 is 9.18 Å². The van der Waals surface area contributed by atoms with Crippen molar-refractivity contribution in [2.45, 2.75) is 26.8 Å². The van der Waals surface area contributed by atoms with E-state index in [1.807, 2.05) is 6.92 Å². The first-order valence-electron chi connectivity index (χ1n) is 6.18. The summed E-state index contributed by atoms with van der Waals surface area (Å²) in [4.78, 5) is 23.3. The van der Waals surface area contributed by atoms with Crippen molar-refractivity contribution in [3.8, 4) is 0 Å². The number of halogens is 1. The van der Waals surface area contributed by atoms with E-state index in [0.29, 0.717) is 12.2 Å². The Hall–Kier alpha value is -1.95. The van der Waals surface area contributed by atoms with Crippen LogP contribution in [0.5, 0.6) is 0 Å². The lowest BCUT2D eigenvalue weighted by molar-refractivity contribution is -0.116. The number of amides is 1. The van der Waals surface area contributed by atoms with Crippen LogP contribution in [-0.2, 0) is 11.3 Å². The SMILES string of the molecule is Cc1ccc(F)cc1NC(=O)CCn1c(C)csc1=O. The minimum Gasteiger partial charge on any atom is -0.326 e. The second kappa shape index (κ2) is 6.00. The molecule has 2 rings (SSSR count). The fourth-order valence-electron chi connectivity index (χ4n) is 1.83. The van der Waals surface area contributed by atoms with Gasteiger partial charge >= 0.3 is 4.87 Å². The van der Waals surface area contributed by atoms with Gasteiger partial charge in [0.05, 0.1) is 0 Å². The summed E-state index contributed by atoms with van der Waals surface area (Å²) in [5, 5.41) is 4.42. The molecule has 0 radical (unpaired) electrons. The lowest BCUT2D eigenvalue weighted by Gasteiger charge is -2.09. The first-order chi connectivity index (χ1) is 9.47. The molecule has 1 N–H and O–H groups in total. The zero-order valence-corrected chi connectivity index (χ0v) is 12.1. The van der Waals surface area contributed by atoms with Crippen LogP contribution in [-0.4, -0.2) is 10.5 Å². The van der Waals surface area contributed by atoms with Crippen molar-refractivity contribution >= 4 is 22.9 Å². The van der Waals surface area contributed by atoms with E-state index in [1.54, 1.807) is 22.9 Å². The van der Waals surface area contributed by atoms with Crippen LogP contribution in [0.2, 0.25) is 0 Å². The highest BCUT2D eigenvalue weighted by Crippen LogP contribution is 2.16. The Labute approximate surface area is 119 Å². The molecule has 1 aromatic carbocycles. The fourth-order valence-corrected chi connectivity index (χ4v) is 2.59. The van der Waals surface area contributed by atoms with E-state index in [4.69, 9.17) is 0 Å². The first kappa shape index (κ1) is 14.5. The Morgan fingerprint density at radius 2 is 2.15 bits per heavy atom. The number of aryl methyl sites for hydroxylation is 2. The van der Waals surface area contributed by atoms with Crippen LogP contribution in [0.15, 0.2) is 28.4 Å². The minimum atomic E-state index is -0.393. The summed E-state index contributed by atoms with van der Waals surface area (Å²) in [6, 6.07) is 4.24. The van der Waals surface area contributed by atoms with Gasteiger partial charge in [0.2, 0.25) is 5.91 Å². The molecule has 1 heterocycles. The fraction of sp³-hybridized carbons (Fsp3) is 0.286. The van der Waals surface area contributed by atoms with Gasteiger partial charge in [-0.2, -0.15) is 0 Å². The number of nitrogens with one attached hydrogen (secondary N) is 1. The van der Waals surface area contributed by atoms with Crippen LogP contribution in [0.3, 0.4) is 0 Å². The van der Waals surface area contributed by atoms with E-state index in [0.717, 1.165) is 22.6 Å². The van der Waals surface area contributed by atoms with Crippen LogP contribution in [0.25, 0.3) is 0 Å². The van der Waals surface area contributed by atoms with Gasteiger partial charge < -0.3 is 9.88 Å². The Bertz CT molecular complexity index is 691. The van der Waals surface area contributed by atoms with E-state index in [9.17, 15) is 14.0 Å². The number of rotatable bonds is 4. The average molecular weight is 294 g/mol. The molecule has 0 unspecified atom stereocenters. The predicted octanol–water partition coefficient (Wildman–Crippen LogP) is 2.69. The molecule has 0 aliphatic carbocycles. The predicted molar refractivity (Wildman–Crippen MR) is 77.7 cm³/mol. The zero-order chi connectivity index (χ0) is 14.7. The van der Waals surface area contributed by atoms with Gasteiger partial charge in [0.15, 0.2) is 0 Å². The summed E-state index contributed by atoms with van der Waals surface area (Å²) < 4.78 is 14.7. The molecule has 20 heavy (non-hydrogen) atoms. The number of carbonyl (C=O) groups excluding carboxylic acids is 1. The van der Waals surface area contributed by atoms with Crippen LogP contribution in [0.4, 0.5) is 10.1 Å². The Kier molecular flexibility index (Phi) is 4.34. The third kappa shape index (κ3) is 3.33. The van der Waals surface area contributed by atoms with E-state index < -0.39 is 5.82 Å². The van der Waals surface area contributed by atoms with Crippen LogP contribution in [0, 0.1) is 19.7 Å². The highest BCUT2D eigenvalue weighted by atomic mass is 32.1. The topological polar surface area (TPSA) is 51.1 Å². The van der Waals surface area contributed by atoms with E-state index in [2.05, 4.69) is 5.32 Å². The first-order valence-corrected chi connectivity index (χ1v) is 7.06. The second-order valence-corrected chi connectivity index (χ2v) is 5.37. The number of carbonyl (C=O) groups is 1. The van der Waals surface area contributed by atoms with Crippen molar-refractivity contribution in [3.63, 3.8) is 0 Å². The monoisotopic (exact) mass is 294 g/mol. The van der Waals surface area contributed by atoms with Gasteiger partial charge in [-0.1, -0.05) is 17.4 Å². The highest BCUT2D eigenvalue weighted by molar-refractivity contribution is 7.07. The summed E-state index contributed by atoms with van der Waals surface area (Å²) in [7, 11) is 0. The molecular weight excluding hydrogens is 279 g/mol. The normalized spacial score (nSPS) is 10.6. The molecule has 6 heteroatoms. The van der Waals surface area contributed by atoms with E-state index in [1.165, 1.54) is 12.1 Å². The van der Waals surface area contributed by atoms with Gasteiger partial charge in [-0.15, -0.1) is 0 Å². The van der Waals surface area contributed by atoms with Gasteiger partial charge in [0, 0.05) is 29.7 Å². The maximum Gasteiger partial charge on any atom is 0.307 e. The smallest absolute Gasteiger partial charge is 0.307 e. The minimum absolute atomic E-state index is 0.0720. The Balaban J connectivity index is 2.00. The average Bonchev–Trinajstić information content (AvgIpc) is 2.71. The number of benzene rings is 1. The molecule has 1 amide bonds. The largest absolute Gasteiger partial charge is 0.326 e. The van der Waals surface area contributed by atoms with Crippen molar-refractivity contribution in [3.05, 3.63) is 50.3 Å². The highest BCUT2D eigenvalue weighted by Gasteiger charge is 2.08. The zero-order valence-electron chi connectivity index (χ0n) is 11.3. The number of thiazole rings is 1. The molecule has 0 saturated carbocycles. The van der Waals surface area contributed by atoms with Crippen LogP contribution >= 0.6 is 11.3 Å². The molecule has 0 spiro atoms. The molecule has 0 fully saturated rings. The molecular formula is C14H15FN2O2S. The van der Waals surface area contributed by atoms with Crippen molar-refractivity contribution in [2.75, 3.05) is 5.32 Å².